The Morgan fingerprint density at radius 3 is 2.10 bits per heavy atom. The van der Waals surface area contributed by atoms with E-state index in [1.165, 1.54) is 10.0 Å². The molecule has 1 aromatic rings. The van der Waals surface area contributed by atoms with E-state index in [1.807, 2.05) is 6.07 Å². The van der Waals surface area contributed by atoms with Crippen LogP contribution in [0.15, 0.2) is 27.1 Å². The molecule has 5 heteroatoms. The minimum atomic E-state index is 0.392. The van der Waals surface area contributed by atoms with Crippen molar-refractivity contribution in [1.82, 2.24) is 0 Å². The SMILES string of the molecule is C(OCC1CO1)C1CO1.CC(C)c1cccc(Br)c1Br. The summed E-state index contributed by atoms with van der Waals surface area (Å²) in [7, 11) is 0. The van der Waals surface area contributed by atoms with E-state index in [4.69, 9.17) is 14.2 Å². The lowest BCUT2D eigenvalue weighted by atomic mass is 10.0. The van der Waals surface area contributed by atoms with Gasteiger partial charge in [-0.25, -0.2) is 0 Å². The highest BCUT2D eigenvalue weighted by molar-refractivity contribution is 9.13. The number of rotatable bonds is 5. The predicted molar refractivity (Wildman–Crippen MR) is 86.2 cm³/mol. The minimum Gasteiger partial charge on any atom is -0.376 e. The van der Waals surface area contributed by atoms with Crippen molar-refractivity contribution in [1.29, 1.82) is 0 Å². The van der Waals surface area contributed by atoms with Gasteiger partial charge in [-0.3, -0.25) is 0 Å². The quantitative estimate of drug-likeness (QED) is 0.688. The Balaban J connectivity index is 0.000000149. The molecule has 0 saturated carbocycles. The molecule has 2 saturated heterocycles. The number of hydrogen-bond donors (Lipinski definition) is 0. The molecule has 2 aliphatic rings. The van der Waals surface area contributed by atoms with E-state index in [9.17, 15) is 0 Å². The zero-order chi connectivity index (χ0) is 14.5. The molecule has 2 heterocycles. The lowest BCUT2D eigenvalue weighted by molar-refractivity contribution is 0.102. The summed E-state index contributed by atoms with van der Waals surface area (Å²) in [6.07, 6.45) is 0.785. The number of halogens is 2. The molecule has 0 radical (unpaired) electrons. The van der Waals surface area contributed by atoms with E-state index in [2.05, 4.69) is 57.8 Å². The van der Waals surface area contributed by atoms with Crippen LogP contribution in [0.4, 0.5) is 0 Å². The van der Waals surface area contributed by atoms with Crippen LogP contribution in [0.25, 0.3) is 0 Å². The van der Waals surface area contributed by atoms with Gasteiger partial charge < -0.3 is 14.2 Å². The maximum Gasteiger partial charge on any atom is 0.104 e. The fourth-order valence-corrected chi connectivity index (χ4v) is 2.73. The van der Waals surface area contributed by atoms with E-state index in [0.717, 1.165) is 30.9 Å². The predicted octanol–water partition coefficient (Wildman–Crippen LogP) is 4.14. The number of hydrogen-bond acceptors (Lipinski definition) is 3. The zero-order valence-electron chi connectivity index (χ0n) is 11.8. The second-order valence-corrected chi connectivity index (χ2v) is 6.89. The van der Waals surface area contributed by atoms with Crippen molar-refractivity contribution in [2.45, 2.75) is 32.0 Å². The van der Waals surface area contributed by atoms with Crippen LogP contribution < -0.4 is 0 Å². The molecule has 3 rings (SSSR count). The molecule has 1 aromatic carbocycles. The van der Waals surface area contributed by atoms with Crippen molar-refractivity contribution in [3.8, 4) is 0 Å². The van der Waals surface area contributed by atoms with E-state index in [1.54, 1.807) is 0 Å². The third kappa shape index (κ3) is 5.82. The standard InChI is InChI=1S/C9H10Br2.C6H10O3/c1-6(2)7-4-3-5-8(10)9(7)11;1(5-3-8-5)7-2-6-4-9-6/h3-6H,1-2H3;5-6H,1-4H2. The lowest BCUT2D eigenvalue weighted by Crippen LogP contribution is -2.06. The van der Waals surface area contributed by atoms with E-state index in [0.29, 0.717) is 18.1 Å². The number of ether oxygens (including phenoxy) is 3. The summed E-state index contributed by atoms with van der Waals surface area (Å²) in [5.41, 5.74) is 1.35. The van der Waals surface area contributed by atoms with E-state index < -0.39 is 0 Å². The molecule has 0 aliphatic carbocycles. The average molecular weight is 408 g/mol. The molecule has 0 amide bonds. The highest BCUT2D eigenvalue weighted by Gasteiger charge is 2.26. The van der Waals surface area contributed by atoms with Crippen LogP contribution in [0.2, 0.25) is 0 Å². The fraction of sp³-hybridized carbons (Fsp3) is 0.600. The molecule has 112 valence electrons. The first kappa shape index (κ1) is 16.4. The summed E-state index contributed by atoms with van der Waals surface area (Å²) < 4.78 is 17.4. The van der Waals surface area contributed by atoms with E-state index >= 15 is 0 Å². The normalized spacial score (nSPS) is 23.2. The highest BCUT2D eigenvalue weighted by Crippen LogP contribution is 2.30. The molecular weight excluding hydrogens is 388 g/mol. The molecular formula is C15H20Br2O3. The van der Waals surface area contributed by atoms with Gasteiger partial charge >= 0.3 is 0 Å². The maximum atomic E-state index is 5.23. The van der Waals surface area contributed by atoms with Crippen LogP contribution in [0, 0.1) is 0 Å². The molecule has 2 unspecified atom stereocenters. The topological polar surface area (TPSA) is 34.3 Å². The van der Waals surface area contributed by atoms with Crippen molar-refractivity contribution in [2.75, 3.05) is 26.4 Å². The third-order valence-corrected chi connectivity index (χ3v) is 5.09. The summed E-state index contributed by atoms with van der Waals surface area (Å²) in [6.45, 7) is 7.63. The van der Waals surface area contributed by atoms with Crippen LogP contribution in [0.5, 0.6) is 0 Å². The maximum absolute atomic E-state index is 5.23. The van der Waals surface area contributed by atoms with Crippen LogP contribution in [-0.2, 0) is 14.2 Å². The van der Waals surface area contributed by atoms with Gasteiger partial charge in [-0.05, 0) is 49.4 Å². The Kier molecular flexibility index (Phi) is 6.49. The summed E-state index contributed by atoms with van der Waals surface area (Å²) in [5.74, 6) is 0.571. The van der Waals surface area contributed by atoms with Gasteiger partial charge in [0, 0.05) is 8.95 Å². The van der Waals surface area contributed by atoms with Crippen molar-refractivity contribution >= 4 is 31.9 Å². The van der Waals surface area contributed by atoms with Crippen LogP contribution in [0.3, 0.4) is 0 Å². The molecule has 3 nitrogen and oxygen atoms in total. The van der Waals surface area contributed by atoms with Gasteiger partial charge in [-0.2, -0.15) is 0 Å². The van der Waals surface area contributed by atoms with E-state index in [-0.39, 0.29) is 0 Å². The van der Waals surface area contributed by atoms with Crippen molar-refractivity contribution in [2.24, 2.45) is 0 Å². The van der Waals surface area contributed by atoms with Gasteiger partial charge in [0.2, 0.25) is 0 Å². The summed E-state index contributed by atoms with van der Waals surface area (Å²) >= 11 is 7.00. The van der Waals surface area contributed by atoms with Crippen LogP contribution >= 0.6 is 31.9 Å². The zero-order valence-corrected chi connectivity index (χ0v) is 14.9. The van der Waals surface area contributed by atoms with Gasteiger partial charge in [0.15, 0.2) is 0 Å². The van der Waals surface area contributed by atoms with Crippen LogP contribution in [0.1, 0.15) is 25.3 Å². The van der Waals surface area contributed by atoms with Gasteiger partial charge in [-0.1, -0.05) is 26.0 Å². The molecule has 0 spiro atoms. The smallest absolute Gasteiger partial charge is 0.104 e. The summed E-state index contributed by atoms with van der Waals surface area (Å²) in [6, 6.07) is 6.24. The molecule has 2 aliphatic heterocycles. The Morgan fingerprint density at radius 2 is 1.70 bits per heavy atom. The monoisotopic (exact) mass is 406 g/mol. The van der Waals surface area contributed by atoms with Crippen molar-refractivity contribution < 1.29 is 14.2 Å². The van der Waals surface area contributed by atoms with Gasteiger partial charge in [-0.15, -0.1) is 0 Å². The molecule has 0 N–H and O–H groups in total. The molecule has 2 atom stereocenters. The van der Waals surface area contributed by atoms with Crippen LogP contribution in [-0.4, -0.2) is 38.6 Å². The van der Waals surface area contributed by atoms with Gasteiger partial charge in [0.25, 0.3) is 0 Å². The minimum absolute atomic E-state index is 0.392. The van der Waals surface area contributed by atoms with Gasteiger partial charge in [0.05, 0.1) is 26.4 Å². The Bertz CT molecular complexity index is 417. The lowest BCUT2D eigenvalue weighted by Gasteiger charge is -2.08. The molecule has 0 bridgehead atoms. The summed E-state index contributed by atoms with van der Waals surface area (Å²) in [5, 5.41) is 0. The fourth-order valence-electron chi connectivity index (χ4n) is 1.63. The Hall–Kier alpha value is 0.0600. The second-order valence-electron chi connectivity index (χ2n) is 5.25. The Labute approximate surface area is 137 Å². The molecule has 0 aromatic heterocycles. The highest BCUT2D eigenvalue weighted by atomic mass is 79.9. The third-order valence-electron chi connectivity index (χ3n) is 3.02. The largest absolute Gasteiger partial charge is 0.376 e. The second kappa shape index (κ2) is 7.90. The molecule has 20 heavy (non-hydrogen) atoms. The first-order valence-electron chi connectivity index (χ1n) is 6.82. The average Bonchev–Trinajstić information content (AvgIpc) is 3.27. The first-order chi connectivity index (χ1) is 9.58. The number of epoxide rings is 2. The van der Waals surface area contributed by atoms with Crippen molar-refractivity contribution in [3.05, 3.63) is 32.7 Å². The number of benzene rings is 1. The first-order valence-corrected chi connectivity index (χ1v) is 8.41. The van der Waals surface area contributed by atoms with Crippen molar-refractivity contribution in [3.63, 3.8) is 0 Å². The Morgan fingerprint density at radius 1 is 1.15 bits per heavy atom. The summed E-state index contributed by atoms with van der Waals surface area (Å²) in [4.78, 5) is 0. The molecule has 2 fully saturated rings. The van der Waals surface area contributed by atoms with Gasteiger partial charge in [0.1, 0.15) is 12.2 Å².